The van der Waals surface area contributed by atoms with Gasteiger partial charge in [0.2, 0.25) is 10.0 Å². The van der Waals surface area contributed by atoms with Crippen molar-refractivity contribution in [2.45, 2.75) is 51.3 Å². The first-order chi connectivity index (χ1) is 14.3. The SMILES string of the molecule is CCc1cccc(CC)c1NC(=O)c1ccc(Cl)c(S(=O)(=O)N2CCCC(C)C2)c1. The third-order valence-electron chi connectivity index (χ3n) is 5.67. The lowest BCUT2D eigenvalue weighted by Gasteiger charge is -2.30. The molecule has 0 radical (unpaired) electrons. The topological polar surface area (TPSA) is 66.5 Å². The Bertz CT molecular complexity index is 1010. The molecule has 0 saturated carbocycles. The first-order valence-corrected chi connectivity index (χ1v) is 12.3. The number of hydrogen-bond donors (Lipinski definition) is 1. The van der Waals surface area contributed by atoms with E-state index >= 15 is 0 Å². The van der Waals surface area contributed by atoms with Crippen LogP contribution in [0.2, 0.25) is 5.02 Å². The number of benzene rings is 2. The highest BCUT2D eigenvalue weighted by Crippen LogP contribution is 2.30. The van der Waals surface area contributed by atoms with Gasteiger partial charge >= 0.3 is 0 Å². The third-order valence-corrected chi connectivity index (χ3v) is 8.02. The summed E-state index contributed by atoms with van der Waals surface area (Å²) in [6.07, 6.45) is 3.41. The average Bonchev–Trinajstić information content (AvgIpc) is 2.74. The van der Waals surface area contributed by atoms with E-state index in [9.17, 15) is 13.2 Å². The lowest BCUT2D eigenvalue weighted by Crippen LogP contribution is -2.39. The molecule has 0 bridgehead atoms. The lowest BCUT2D eigenvalue weighted by molar-refractivity contribution is 0.102. The van der Waals surface area contributed by atoms with Crippen LogP contribution in [0, 0.1) is 5.92 Å². The quantitative estimate of drug-likeness (QED) is 0.665. The lowest BCUT2D eigenvalue weighted by atomic mass is 10.0. The summed E-state index contributed by atoms with van der Waals surface area (Å²) in [5.41, 5.74) is 3.17. The molecule has 1 unspecified atom stereocenters. The number of para-hydroxylation sites is 1. The van der Waals surface area contributed by atoms with Gasteiger partial charge in [0.15, 0.2) is 0 Å². The maximum atomic E-state index is 13.2. The van der Waals surface area contributed by atoms with E-state index in [2.05, 4.69) is 5.32 Å². The summed E-state index contributed by atoms with van der Waals surface area (Å²) in [4.78, 5) is 13.0. The normalized spacial score (nSPS) is 17.7. The minimum absolute atomic E-state index is 0.00888. The maximum Gasteiger partial charge on any atom is 0.255 e. The van der Waals surface area contributed by atoms with E-state index in [1.165, 1.54) is 16.4 Å². The Morgan fingerprint density at radius 3 is 2.43 bits per heavy atom. The number of sulfonamides is 1. The first-order valence-electron chi connectivity index (χ1n) is 10.5. The predicted octanol–water partition coefficient (Wildman–Crippen LogP) is 5.14. The van der Waals surface area contributed by atoms with Crippen molar-refractivity contribution in [2.75, 3.05) is 18.4 Å². The highest BCUT2D eigenvalue weighted by atomic mass is 35.5. The summed E-state index contributed by atoms with van der Waals surface area (Å²) in [7, 11) is -3.76. The second-order valence-electron chi connectivity index (χ2n) is 7.87. The van der Waals surface area contributed by atoms with E-state index in [1.54, 1.807) is 6.07 Å². The number of piperidine rings is 1. The van der Waals surface area contributed by atoms with E-state index in [4.69, 9.17) is 11.6 Å². The Balaban J connectivity index is 1.93. The van der Waals surface area contributed by atoms with Gasteiger partial charge in [0.25, 0.3) is 5.91 Å². The van der Waals surface area contributed by atoms with Gasteiger partial charge in [0.05, 0.1) is 5.02 Å². The smallest absolute Gasteiger partial charge is 0.255 e. The van der Waals surface area contributed by atoms with Gasteiger partial charge in [-0.05, 0) is 60.9 Å². The fourth-order valence-corrected chi connectivity index (χ4v) is 6.03. The molecule has 2 aromatic carbocycles. The summed E-state index contributed by atoms with van der Waals surface area (Å²) in [5.74, 6) is -0.0393. The predicted molar refractivity (Wildman–Crippen MR) is 122 cm³/mol. The van der Waals surface area contributed by atoms with Crippen molar-refractivity contribution in [2.24, 2.45) is 5.92 Å². The number of hydrogen-bond acceptors (Lipinski definition) is 3. The molecule has 7 heteroatoms. The van der Waals surface area contributed by atoms with Crippen LogP contribution in [0.15, 0.2) is 41.3 Å². The Kier molecular flexibility index (Phi) is 7.22. The van der Waals surface area contributed by atoms with E-state index in [-0.39, 0.29) is 21.4 Å². The van der Waals surface area contributed by atoms with Crippen molar-refractivity contribution in [3.63, 3.8) is 0 Å². The van der Waals surface area contributed by atoms with Crippen LogP contribution in [-0.2, 0) is 22.9 Å². The van der Waals surface area contributed by atoms with Crippen molar-refractivity contribution in [1.82, 2.24) is 4.31 Å². The highest BCUT2D eigenvalue weighted by molar-refractivity contribution is 7.89. The number of halogens is 1. The van der Waals surface area contributed by atoms with Crippen LogP contribution in [0.1, 0.15) is 55.1 Å². The van der Waals surface area contributed by atoms with Crippen LogP contribution in [-0.4, -0.2) is 31.7 Å². The van der Waals surface area contributed by atoms with Gasteiger partial charge in [-0.15, -0.1) is 0 Å². The molecule has 0 spiro atoms. The van der Waals surface area contributed by atoms with Gasteiger partial charge < -0.3 is 5.32 Å². The zero-order valence-corrected chi connectivity index (χ0v) is 19.3. The molecule has 30 heavy (non-hydrogen) atoms. The average molecular weight is 449 g/mol. The molecule has 1 amide bonds. The van der Waals surface area contributed by atoms with Gasteiger partial charge in [-0.3, -0.25) is 4.79 Å². The van der Waals surface area contributed by atoms with Crippen molar-refractivity contribution in [1.29, 1.82) is 0 Å². The summed E-state index contributed by atoms with van der Waals surface area (Å²) >= 11 is 6.26. The largest absolute Gasteiger partial charge is 0.321 e. The molecular weight excluding hydrogens is 420 g/mol. The molecule has 1 heterocycles. The molecule has 1 N–H and O–H groups in total. The zero-order chi connectivity index (χ0) is 21.9. The number of nitrogens with one attached hydrogen (secondary N) is 1. The number of carbonyl (C=O) groups is 1. The van der Waals surface area contributed by atoms with E-state index < -0.39 is 10.0 Å². The summed E-state index contributed by atoms with van der Waals surface area (Å²) in [5, 5.41) is 3.12. The minimum Gasteiger partial charge on any atom is -0.321 e. The zero-order valence-electron chi connectivity index (χ0n) is 17.7. The fraction of sp³-hybridized carbons (Fsp3) is 0.435. The van der Waals surface area contributed by atoms with Crippen molar-refractivity contribution < 1.29 is 13.2 Å². The number of anilines is 1. The molecule has 1 aliphatic rings. The van der Waals surface area contributed by atoms with Crippen molar-refractivity contribution in [3.05, 3.63) is 58.1 Å². The maximum absolute atomic E-state index is 13.2. The van der Waals surface area contributed by atoms with E-state index in [0.29, 0.717) is 19.0 Å². The van der Waals surface area contributed by atoms with Gasteiger partial charge in [-0.1, -0.05) is 50.6 Å². The Morgan fingerprint density at radius 2 is 1.83 bits per heavy atom. The number of amides is 1. The minimum atomic E-state index is -3.76. The molecule has 1 saturated heterocycles. The van der Waals surface area contributed by atoms with Gasteiger partial charge in [0.1, 0.15) is 4.90 Å². The third kappa shape index (κ3) is 4.71. The van der Waals surface area contributed by atoms with Crippen LogP contribution in [0.25, 0.3) is 0 Å². The van der Waals surface area contributed by atoms with Crippen molar-refractivity contribution in [3.8, 4) is 0 Å². The summed E-state index contributed by atoms with van der Waals surface area (Å²) in [6, 6.07) is 10.4. The van der Waals surface area contributed by atoms with E-state index in [0.717, 1.165) is 42.5 Å². The number of carbonyl (C=O) groups excluding carboxylic acids is 1. The molecule has 1 aliphatic heterocycles. The number of aryl methyl sites for hydroxylation is 2. The molecule has 1 fully saturated rings. The monoisotopic (exact) mass is 448 g/mol. The molecule has 5 nitrogen and oxygen atoms in total. The molecule has 1 atom stereocenters. The Morgan fingerprint density at radius 1 is 1.17 bits per heavy atom. The summed E-state index contributed by atoms with van der Waals surface area (Å²) < 4.78 is 27.9. The van der Waals surface area contributed by atoms with Crippen LogP contribution in [0.3, 0.4) is 0 Å². The van der Waals surface area contributed by atoms with Crippen LogP contribution in [0.4, 0.5) is 5.69 Å². The first kappa shape index (κ1) is 22.8. The number of nitrogens with zero attached hydrogens (tertiary/aromatic N) is 1. The van der Waals surface area contributed by atoms with Gasteiger partial charge in [-0.2, -0.15) is 4.31 Å². The van der Waals surface area contributed by atoms with Crippen molar-refractivity contribution >= 4 is 33.2 Å². The Hall–Kier alpha value is -1.89. The standard InChI is InChI=1S/C23H29ClN2O3S/c1-4-17-9-6-10-18(5-2)22(17)25-23(27)19-11-12-20(24)21(14-19)30(28,29)26-13-7-8-16(3)15-26/h6,9-12,14,16H,4-5,7-8,13,15H2,1-3H3,(H,25,27). The van der Waals surface area contributed by atoms with Gasteiger partial charge in [-0.25, -0.2) is 8.42 Å². The Labute approximate surface area is 184 Å². The second-order valence-corrected chi connectivity index (χ2v) is 10.2. The molecule has 3 rings (SSSR count). The molecule has 0 aliphatic carbocycles. The van der Waals surface area contributed by atoms with Crippen LogP contribution in [0.5, 0.6) is 0 Å². The molecule has 162 valence electrons. The molecule has 0 aromatic heterocycles. The summed E-state index contributed by atoms with van der Waals surface area (Å²) in [6.45, 7) is 7.07. The molecule has 2 aromatic rings. The fourth-order valence-electron chi connectivity index (χ4n) is 3.93. The van der Waals surface area contributed by atoms with Gasteiger partial charge in [0, 0.05) is 24.3 Å². The highest BCUT2D eigenvalue weighted by Gasteiger charge is 2.31. The second kappa shape index (κ2) is 9.50. The van der Waals surface area contributed by atoms with E-state index in [1.807, 2.05) is 39.0 Å². The number of rotatable bonds is 6. The molecular formula is C23H29ClN2O3S. The van der Waals surface area contributed by atoms with Crippen LogP contribution >= 0.6 is 11.6 Å². The van der Waals surface area contributed by atoms with Crippen LogP contribution < -0.4 is 5.32 Å².